The van der Waals surface area contributed by atoms with Gasteiger partial charge in [-0.3, -0.25) is 4.79 Å². The Bertz CT molecular complexity index is 939. The number of rotatable bonds is 5. The molecule has 1 aromatic heterocycles. The highest BCUT2D eigenvalue weighted by atomic mass is 32.1. The number of amides is 1. The largest absolute Gasteiger partial charge is 0.436 e. The number of anilines is 1. The Labute approximate surface area is 160 Å². The second-order valence-electron chi connectivity index (χ2n) is 5.46. The Hall–Kier alpha value is -3.39. The maximum absolute atomic E-state index is 14.2. The number of aromatic nitrogens is 2. The number of nitrogens with zero attached hydrogens (tertiary/aromatic N) is 2. The second-order valence-corrected chi connectivity index (χ2v) is 5.87. The van der Waals surface area contributed by atoms with Crippen molar-refractivity contribution in [1.29, 1.82) is 0 Å². The van der Waals surface area contributed by atoms with E-state index in [1.165, 1.54) is 30.7 Å². The Morgan fingerprint density at radius 2 is 1.96 bits per heavy atom. The van der Waals surface area contributed by atoms with Crippen molar-refractivity contribution in [2.45, 2.75) is 6.42 Å². The standard InChI is InChI=1S/C19H15FN4O2S/c20-15-11-14(6-7-16(15)26-18-8-9-21-12-22-18)23-19(27)24-17(25)10-13-4-2-1-3-5-13/h1-9,11-12H,10H2,(H2,23,24,25,27). The maximum Gasteiger partial charge on any atom is 0.230 e. The fourth-order valence-electron chi connectivity index (χ4n) is 2.23. The summed E-state index contributed by atoms with van der Waals surface area (Å²) in [7, 11) is 0. The fourth-order valence-corrected chi connectivity index (χ4v) is 2.46. The van der Waals surface area contributed by atoms with Gasteiger partial charge in [-0.2, -0.15) is 0 Å². The first kappa shape index (κ1) is 18.4. The molecule has 0 aliphatic heterocycles. The van der Waals surface area contributed by atoms with E-state index in [0.717, 1.165) is 5.56 Å². The highest BCUT2D eigenvalue weighted by Gasteiger charge is 2.09. The summed E-state index contributed by atoms with van der Waals surface area (Å²) in [5.41, 5.74) is 1.25. The van der Waals surface area contributed by atoms with Crippen molar-refractivity contribution in [3.05, 3.63) is 78.5 Å². The SMILES string of the molecule is O=C(Cc1ccccc1)NC(=S)Nc1ccc(Oc2ccncn2)c(F)c1. The van der Waals surface area contributed by atoms with Gasteiger partial charge >= 0.3 is 0 Å². The molecule has 0 aliphatic rings. The lowest BCUT2D eigenvalue weighted by Gasteiger charge is -2.11. The first-order chi connectivity index (χ1) is 13.1. The molecule has 136 valence electrons. The van der Waals surface area contributed by atoms with Crippen LogP contribution in [0.3, 0.4) is 0 Å². The van der Waals surface area contributed by atoms with Crippen molar-refractivity contribution >= 4 is 28.9 Å². The zero-order chi connectivity index (χ0) is 19.1. The molecule has 27 heavy (non-hydrogen) atoms. The summed E-state index contributed by atoms with van der Waals surface area (Å²) >= 11 is 5.10. The number of thiocarbonyl (C=S) groups is 1. The van der Waals surface area contributed by atoms with Gasteiger partial charge in [-0.25, -0.2) is 14.4 Å². The molecule has 1 amide bonds. The van der Waals surface area contributed by atoms with Crippen LogP contribution in [0.1, 0.15) is 5.56 Å². The minimum Gasteiger partial charge on any atom is -0.436 e. The summed E-state index contributed by atoms with van der Waals surface area (Å²) in [6.07, 6.45) is 3.00. The Morgan fingerprint density at radius 3 is 2.67 bits per heavy atom. The lowest BCUT2D eigenvalue weighted by atomic mass is 10.1. The van der Waals surface area contributed by atoms with Crippen molar-refractivity contribution in [1.82, 2.24) is 15.3 Å². The van der Waals surface area contributed by atoms with Crippen LogP contribution in [0.4, 0.5) is 10.1 Å². The van der Waals surface area contributed by atoms with Gasteiger partial charge < -0.3 is 15.4 Å². The van der Waals surface area contributed by atoms with Crippen LogP contribution < -0.4 is 15.4 Å². The van der Waals surface area contributed by atoms with Gasteiger partial charge in [0.25, 0.3) is 0 Å². The topological polar surface area (TPSA) is 76.1 Å². The van der Waals surface area contributed by atoms with Crippen molar-refractivity contribution in [2.24, 2.45) is 0 Å². The van der Waals surface area contributed by atoms with E-state index >= 15 is 0 Å². The van der Waals surface area contributed by atoms with Gasteiger partial charge in [0.05, 0.1) is 6.42 Å². The normalized spacial score (nSPS) is 10.1. The van der Waals surface area contributed by atoms with Crippen LogP contribution in [0.2, 0.25) is 0 Å². The molecule has 0 spiro atoms. The number of benzene rings is 2. The molecule has 0 aliphatic carbocycles. The van der Waals surface area contributed by atoms with E-state index in [0.29, 0.717) is 5.69 Å². The third-order valence-electron chi connectivity index (χ3n) is 3.42. The van der Waals surface area contributed by atoms with E-state index in [2.05, 4.69) is 20.6 Å². The third-order valence-corrected chi connectivity index (χ3v) is 3.62. The van der Waals surface area contributed by atoms with E-state index in [1.54, 1.807) is 6.07 Å². The molecule has 0 radical (unpaired) electrons. The average Bonchev–Trinajstić information content (AvgIpc) is 2.65. The van der Waals surface area contributed by atoms with Gasteiger partial charge in [0.15, 0.2) is 16.7 Å². The molecule has 0 bridgehead atoms. The van der Waals surface area contributed by atoms with Gasteiger partial charge in [0.1, 0.15) is 6.33 Å². The van der Waals surface area contributed by atoms with Crippen LogP contribution in [0, 0.1) is 5.82 Å². The van der Waals surface area contributed by atoms with E-state index in [9.17, 15) is 9.18 Å². The van der Waals surface area contributed by atoms with Gasteiger partial charge in [-0.1, -0.05) is 30.3 Å². The van der Waals surface area contributed by atoms with Crippen LogP contribution in [0.15, 0.2) is 67.1 Å². The summed E-state index contributed by atoms with van der Waals surface area (Å²) < 4.78 is 19.5. The molecule has 1 heterocycles. The smallest absolute Gasteiger partial charge is 0.230 e. The van der Waals surface area contributed by atoms with Crippen molar-refractivity contribution < 1.29 is 13.9 Å². The van der Waals surface area contributed by atoms with Crippen LogP contribution in [0.5, 0.6) is 11.6 Å². The maximum atomic E-state index is 14.2. The van der Waals surface area contributed by atoms with Crippen molar-refractivity contribution in [3.8, 4) is 11.6 Å². The number of halogens is 1. The van der Waals surface area contributed by atoms with Gasteiger partial charge in [-0.05, 0) is 29.9 Å². The first-order valence-electron chi connectivity index (χ1n) is 7.98. The van der Waals surface area contributed by atoms with Crippen LogP contribution in [-0.4, -0.2) is 21.0 Å². The Kier molecular flexibility index (Phi) is 6.01. The Balaban J connectivity index is 1.56. The molecule has 2 N–H and O–H groups in total. The zero-order valence-corrected chi connectivity index (χ0v) is 14.9. The summed E-state index contributed by atoms with van der Waals surface area (Å²) in [5.74, 6) is -0.619. The van der Waals surface area contributed by atoms with Gasteiger partial charge in [0, 0.05) is 24.0 Å². The number of hydrogen-bond acceptors (Lipinski definition) is 5. The van der Waals surface area contributed by atoms with Gasteiger partial charge in [-0.15, -0.1) is 0 Å². The van der Waals surface area contributed by atoms with E-state index in [-0.39, 0.29) is 29.1 Å². The molecular formula is C19H15FN4O2S. The van der Waals surface area contributed by atoms with E-state index in [1.807, 2.05) is 30.3 Å². The predicted molar refractivity (Wildman–Crippen MR) is 103 cm³/mol. The fraction of sp³-hybridized carbons (Fsp3) is 0.0526. The number of ether oxygens (including phenoxy) is 1. The molecule has 2 aromatic carbocycles. The highest BCUT2D eigenvalue weighted by Crippen LogP contribution is 2.25. The summed E-state index contributed by atoms with van der Waals surface area (Å²) in [6, 6.07) is 15.0. The number of carbonyl (C=O) groups excluding carboxylic acids is 1. The van der Waals surface area contributed by atoms with E-state index in [4.69, 9.17) is 17.0 Å². The Morgan fingerprint density at radius 1 is 1.15 bits per heavy atom. The lowest BCUT2D eigenvalue weighted by molar-refractivity contribution is -0.119. The quantitative estimate of drug-likeness (QED) is 0.658. The van der Waals surface area contributed by atoms with Crippen LogP contribution >= 0.6 is 12.2 Å². The lowest BCUT2D eigenvalue weighted by Crippen LogP contribution is -2.35. The molecule has 0 fully saturated rings. The number of nitrogens with one attached hydrogen (secondary N) is 2. The third kappa shape index (κ3) is 5.55. The van der Waals surface area contributed by atoms with Crippen molar-refractivity contribution in [2.75, 3.05) is 5.32 Å². The summed E-state index contributed by atoms with van der Waals surface area (Å²) in [5, 5.41) is 5.41. The molecule has 0 unspecified atom stereocenters. The summed E-state index contributed by atoms with van der Waals surface area (Å²) in [4.78, 5) is 19.6. The molecule has 0 saturated heterocycles. The molecule has 3 aromatic rings. The molecule has 0 saturated carbocycles. The zero-order valence-electron chi connectivity index (χ0n) is 14.1. The predicted octanol–water partition coefficient (Wildman–Crippen LogP) is 3.46. The highest BCUT2D eigenvalue weighted by molar-refractivity contribution is 7.80. The number of hydrogen-bond donors (Lipinski definition) is 2. The van der Waals surface area contributed by atoms with Crippen molar-refractivity contribution in [3.63, 3.8) is 0 Å². The van der Waals surface area contributed by atoms with Gasteiger partial charge in [0.2, 0.25) is 11.8 Å². The minimum atomic E-state index is -0.600. The van der Waals surface area contributed by atoms with Crippen LogP contribution in [-0.2, 0) is 11.2 Å². The molecule has 3 rings (SSSR count). The number of carbonyl (C=O) groups is 1. The van der Waals surface area contributed by atoms with Crippen LogP contribution in [0.25, 0.3) is 0 Å². The second kappa shape index (κ2) is 8.81. The first-order valence-corrected chi connectivity index (χ1v) is 8.39. The molecule has 8 heteroatoms. The minimum absolute atomic E-state index is 0.0123. The molecule has 6 nitrogen and oxygen atoms in total. The average molecular weight is 382 g/mol. The molecular weight excluding hydrogens is 367 g/mol. The monoisotopic (exact) mass is 382 g/mol. The molecule has 0 atom stereocenters. The summed E-state index contributed by atoms with van der Waals surface area (Å²) in [6.45, 7) is 0. The van der Waals surface area contributed by atoms with E-state index < -0.39 is 5.82 Å².